The highest BCUT2D eigenvalue weighted by atomic mass is 19.4. The Morgan fingerprint density at radius 2 is 2.10 bits per heavy atom. The van der Waals surface area contributed by atoms with Crippen molar-refractivity contribution in [3.63, 3.8) is 0 Å². The van der Waals surface area contributed by atoms with E-state index in [1.54, 1.807) is 36.2 Å². The van der Waals surface area contributed by atoms with Crippen molar-refractivity contribution >= 4 is 11.3 Å². The van der Waals surface area contributed by atoms with Crippen molar-refractivity contribution in [1.82, 2.24) is 5.01 Å². The lowest BCUT2D eigenvalue weighted by Crippen LogP contribution is -2.34. The van der Waals surface area contributed by atoms with Crippen molar-refractivity contribution < 1.29 is 13.2 Å². The fourth-order valence-corrected chi connectivity index (χ4v) is 3.17. The van der Waals surface area contributed by atoms with Gasteiger partial charge in [-0.05, 0) is 18.1 Å². The lowest BCUT2D eigenvalue weighted by atomic mass is 9.79. The summed E-state index contributed by atoms with van der Waals surface area (Å²) in [5, 5.41) is 6.15. The van der Waals surface area contributed by atoms with Gasteiger partial charge in [-0.2, -0.15) is 18.3 Å². The molecule has 0 amide bonds. The lowest BCUT2D eigenvalue weighted by molar-refractivity contribution is -0.0688. The van der Waals surface area contributed by atoms with E-state index in [-0.39, 0.29) is 5.56 Å². The molecule has 0 saturated heterocycles. The molecule has 1 aromatic carbocycles. The summed E-state index contributed by atoms with van der Waals surface area (Å²) >= 11 is 0. The Balaban J connectivity index is 2.15. The number of hydrogen-bond donors (Lipinski definition) is 0. The summed E-state index contributed by atoms with van der Waals surface area (Å²) in [6.07, 6.45) is -1.32. The van der Waals surface area contributed by atoms with Crippen molar-refractivity contribution in [2.45, 2.75) is 18.5 Å². The molecule has 0 saturated carbocycles. The van der Waals surface area contributed by atoms with Gasteiger partial charge in [0, 0.05) is 0 Å². The highest BCUT2D eigenvalue weighted by Crippen LogP contribution is 2.49. The summed E-state index contributed by atoms with van der Waals surface area (Å²) in [6.45, 7) is 6.39. The maximum atomic E-state index is 13.3. The molecule has 1 aliphatic carbocycles. The number of hydrazone groups is 1. The lowest BCUT2D eigenvalue weighted by Gasteiger charge is -2.24. The van der Waals surface area contributed by atoms with Gasteiger partial charge in [0.2, 0.25) is 0 Å². The van der Waals surface area contributed by atoms with E-state index in [0.717, 1.165) is 0 Å². The van der Waals surface area contributed by atoms with Crippen molar-refractivity contribution in [2.75, 3.05) is 13.1 Å². The molecular weight excluding hydrogens is 277 g/mol. The second-order valence-corrected chi connectivity index (χ2v) is 5.39. The van der Waals surface area contributed by atoms with Gasteiger partial charge in [0.15, 0.2) is 0 Å². The average molecular weight is 292 g/mol. The molecule has 1 heterocycles. The van der Waals surface area contributed by atoms with Crippen LogP contribution in [0.25, 0.3) is 5.57 Å². The number of nitrogens with zero attached hydrogens (tertiary/aromatic N) is 2. The number of rotatable bonds is 2. The van der Waals surface area contributed by atoms with E-state index in [4.69, 9.17) is 0 Å². The SMILES string of the molecule is C=CCN1CC2(C=C(C(F)(F)F)c3ccccc32)C(C)=N1. The van der Waals surface area contributed by atoms with Gasteiger partial charge in [0.05, 0.1) is 29.8 Å². The van der Waals surface area contributed by atoms with Crippen LogP contribution in [0.5, 0.6) is 0 Å². The first-order valence-corrected chi connectivity index (χ1v) is 6.70. The van der Waals surface area contributed by atoms with Crippen LogP contribution in [0.2, 0.25) is 0 Å². The van der Waals surface area contributed by atoms with E-state index in [2.05, 4.69) is 11.7 Å². The molecule has 0 N–H and O–H groups in total. The van der Waals surface area contributed by atoms with Gasteiger partial charge in [-0.15, -0.1) is 6.58 Å². The third-order valence-electron chi connectivity index (χ3n) is 4.10. The fourth-order valence-electron chi connectivity index (χ4n) is 3.17. The summed E-state index contributed by atoms with van der Waals surface area (Å²) in [4.78, 5) is 0. The zero-order valence-electron chi connectivity index (χ0n) is 11.6. The Morgan fingerprint density at radius 1 is 1.38 bits per heavy atom. The van der Waals surface area contributed by atoms with Crippen molar-refractivity contribution in [1.29, 1.82) is 0 Å². The third kappa shape index (κ3) is 1.99. The summed E-state index contributed by atoms with van der Waals surface area (Å²) in [7, 11) is 0. The van der Waals surface area contributed by atoms with Crippen molar-refractivity contribution in [2.24, 2.45) is 5.10 Å². The quantitative estimate of drug-likeness (QED) is 0.758. The Kier molecular flexibility index (Phi) is 2.97. The minimum atomic E-state index is -4.36. The molecule has 1 atom stereocenters. The van der Waals surface area contributed by atoms with Gasteiger partial charge in [0.25, 0.3) is 0 Å². The maximum Gasteiger partial charge on any atom is 0.416 e. The summed E-state index contributed by atoms with van der Waals surface area (Å²) in [6, 6.07) is 6.71. The van der Waals surface area contributed by atoms with Gasteiger partial charge in [-0.3, -0.25) is 5.01 Å². The number of allylic oxidation sites excluding steroid dienone is 1. The molecule has 1 aliphatic heterocycles. The maximum absolute atomic E-state index is 13.3. The first kappa shape index (κ1) is 13.9. The summed E-state index contributed by atoms with van der Waals surface area (Å²) < 4.78 is 39.9. The molecule has 2 aliphatic rings. The zero-order chi connectivity index (χ0) is 15.3. The minimum Gasteiger partial charge on any atom is -0.292 e. The molecular formula is C16H15F3N2. The van der Waals surface area contributed by atoms with E-state index in [1.165, 1.54) is 12.1 Å². The zero-order valence-corrected chi connectivity index (χ0v) is 11.6. The first-order valence-electron chi connectivity index (χ1n) is 6.70. The van der Waals surface area contributed by atoms with Crippen LogP contribution in [0.3, 0.4) is 0 Å². The fraction of sp³-hybridized carbons (Fsp3) is 0.312. The smallest absolute Gasteiger partial charge is 0.292 e. The number of fused-ring (bicyclic) bond motifs is 2. The number of benzene rings is 1. The van der Waals surface area contributed by atoms with Gasteiger partial charge >= 0.3 is 6.18 Å². The largest absolute Gasteiger partial charge is 0.416 e. The van der Waals surface area contributed by atoms with Crippen molar-refractivity contribution in [3.8, 4) is 0 Å². The predicted molar refractivity (Wildman–Crippen MR) is 77.0 cm³/mol. The molecule has 2 nitrogen and oxygen atoms in total. The van der Waals surface area contributed by atoms with Gasteiger partial charge in [-0.1, -0.05) is 36.4 Å². The number of hydrogen-bond acceptors (Lipinski definition) is 2. The second-order valence-electron chi connectivity index (χ2n) is 5.39. The Bertz CT molecular complexity index is 658. The monoisotopic (exact) mass is 292 g/mol. The normalized spacial score (nSPS) is 24.1. The van der Waals surface area contributed by atoms with Crippen molar-refractivity contribution in [3.05, 3.63) is 54.1 Å². The molecule has 1 aromatic rings. The molecule has 0 bridgehead atoms. The predicted octanol–water partition coefficient (Wildman–Crippen LogP) is 3.76. The Hall–Kier alpha value is -2.04. The molecule has 0 fully saturated rings. The number of alkyl halides is 3. The van der Waals surface area contributed by atoms with Crippen LogP contribution in [0.15, 0.2) is 48.1 Å². The first-order chi connectivity index (χ1) is 9.88. The molecule has 110 valence electrons. The van der Waals surface area contributed by atoms with Gasteiger partial charge in [0.1, 0.15) is 0 Å². The van der Waals surface area contributed by atoms with E-state index < -0.39 is 17.2 Å². The van der Waals surface area contributed by atoms with Crippen LogP contribution in [0, 0.1) is 0 Å². The van der Waals surface area contributed by atoms with E-state index in [9.17, 15) is 13.2 Å². The molecule has 1 spiro atoms. The summed E-state index contributed by atoms with van der Waals surface area (Å²) in [5.41, 5.74) is 0.305. The van der Waals surface area contributed by atoms with Crippen LogP contribution in [0.4, 0.5) is 13.2 Å². The van der Waals surface area contributed by atoms with Crippen LogP contribution >= 0.6 is 0 Å². The van der Waals surface area contributed by atoms with Crippen LogP contribution in [-0.2, 0) is 5.41 Å². The van der Waals surface area contributed by atoms with E-state index >= 15 is 0 Å². The Morgan fingerprint density at radius 3 is 2.76 bits per heavy atom. The van der Waals surface area contributed by atoms with Crippen LogP contribution in [0.1, 0.15) is 18.1 Å². The van der Waals surface area contributed by atoms with E-state index in [0.29, 0.717) is 24.4 Å². The highest BCUT2D eigenvalue weighted by Gasteiger charge is 2.50. The molecule has 1 unspecified atom stereocenters. The summed E-state index contributed by atoms with van der Waals surface area (Å²) in [5.74, 6) is 0. The van der Waals surface area contributed by atoms with Crippen LogP contribution in [-0.4, -0.2) is 30.0 Å². The van der Waals surface area contributed by atoms with Gasteiger partial charge in [-0.25, -0.2) is 0 Å². The topological polar surface area (TPSA) is 15.6 Å². The molecule has 3 rings (SSSR count). The molecule has 5 heteroatoms. The standard InChI is InChI=1S/C16H15F3N2/c1-3-8-21-10-15(11(2)20-21)9-14(16(17,18)19)12-6-4-5-7-13(12)15/h3-7,9H,1,8,10H2,2H3. The average Bonchev–Trinajstić information content (AvgIpc) is 2.91. The van der Waals surface area contributed by atoms with E-state index in [1.807, 2.05) is 0 Å². The van der Waals surface area contributed by atoms with Crippen LogP contribution < -0.4 is 0 Å². The minimum absolute atomic E-state index is 0.264. The molecule has 0 aromatic heterocycles. The highest BCUT2D eigenvalue weighted by molar-refractivity contribution is 6.02. The third-order valence-corrected chi connectivity index (χ3v) is 4.10. The number of halogens is 3. The Labute approximate surface area is 121 Å². The van der Waals surface area contributed by atoms with Gasteiger partial charge < -0.3 is 0 Å². The molecule has 0 radical (unpaired) electrons. The molecule has 21 heavy (non-hydrogen) atoms. The second kappa shape index (κ2) is 4.48.